The molecule has 0 radical (unpaired) electrons. The molecule has 3 heterocycles. The van der Waals surface area contributed by atoms with Crippen molar-refractivity contribution in [3.63, 3.8) is 0 Å². The Bertz CT molecular complexity index is 1600. The summed E-state index contributed by atoms with van der Waals surface area (Å²) >= 11 is 0. The van der Waals surface area contributed by atoms with Crippen LogP contribution in [0, 0.1) is 0 Å². The molecule has 2 aliphatic heterocycles. The van der Waals surface area contributed by atoms with E-state index in [1.807, 2.05) is 66.4 Å². The number of nitrogens with zero attached hydrogens (tertiary/aromatic N) is 3. The predicted octanol–water partition coefficient (Wildman–Crippen LogP) is 6.37. The summed E-state index contributed by atoms with van der Waals surface area (Å²) in [5.74, 6) is 1.17. The van der Waals surface area contributed by atoms with Gasteiger partial charge in [0.2, 0.25) is 0 Å². The van der Waals surface area contributed by atoms with Gasteiger partial charge >= 0.3 is 0 Å². The van der Waals surface area contributed by atoms with E-state index in [0.29, 0.717) is 35.7 Å². The second-order valence-electron chi connectivity index (χ2n) is 10.7. The number of rotatable bonds is 9. The number of fused-ring (bicyclic) bond motifs is 2. The van der Waals surface area contributed by atoms with E-state index < -0.39 is 0 Å². The number of carbonyl (C=O) groups is 2. The number of anilines is 1. The number of hydrogen-bond donors (Lipinski definition) is 0. The third kappa shape index (κ3) is 5.15. The Morgan fingerprint density at radius 2 is 1.68 bits per heavy atom. The zero-order valence-electron chi connectivity index (χ0n) is 23.5. The van der Waals surface area contributed by atoms with E-state index in [9.17, 15) is 9.59 Å². The molecule has 2 aliphatic rings. The predicted molar refractivity (Wildman–Crippen MR) is 157 cm³/mol. The highest BCUT2D eigenvalue weighted by Crippen LogP contribution is 2.38. The number of aromatic nitrogens is 1. The van der Waals surface area contributed by atoms with Gasteiger partial charge in [-0.05, 0) is 67.6 Å². The monoisotopic (exact) mass is 547 g/mol. The fourth-order valence-corrected chi connectivity index (χ4v) is 5.67. The summed E-state index contributed by atoms with van der Waals surface area (Å²) in [4.78, 5) is 34.4. The Morgan fingerprint density at radius 1 is 0.854 bits per heavy atom. The van der Waals surface area contributed by atoms with Crippen LogP contribution in [0.2, 0.25) is 0 Å². The zero-order valence-corrected chi connectivity index (χ0v) is 23.5. The van der Waals surface area contributed by atoms with Crippen molar-refractivity contribution in [2.45, 2.75) is 51.9 Å². The van der Waals surface area contributed by atoms with Gasteiger partial charge in [-0.25, -0.2) is 0 Å². The van der Waals surface area contributed by atoms with Crippen LogP contribution in [0.5, 0.6) is 11.5 Å². The number of hydrogen-bond acceptors (Lipinski definition) is 5. The van der Waals surface area contributed by atoms with Crippen LogP contribution in [0.1, 0.15) is 69.3 Å². The highest BCUT2D eigenvalue weighted by molar-refractivity contribution is 6.10. The Hall–Kier alpha value is -4.65. The number of aryl methyl sites for hydroxylation is 1. The normalized spacial score (nSPS) is 15.5. The molecule has 2 amide bonds. The zero-order chi connectivity index (χ0) is 28.5. The molecule has 0 fully saturated rings. The van der Waals surface area contributed by atoms with Crippen molar-refractivity contribution in [1.29, 1.82) is 0 Å². The molecular formula is C34H33N3O4. The van der Waals surface area contributed by atoms with E-state index in [1.54, 1.807) is 30.5 Å². The number of carbonyl (C=O) groups excluding carboxylic acids is 2. The van der Waals surface area contributed by atoms with E-state index in [0.717, 1.165) is 35.2 Å². The lowest BCUT2D eigenvalue weighted by Crippen LogP contribution is -2.27. The van der Waals surface area contributed by atoms with Gasteiger partial charge in [-0.2, -0.15) is 0 Å². The molecule has 0 bridgehead atoms. The maximum Gasteiger partial charge on any atom is 0.258 e. The first-order valence-corrected chi connectivity index (χ1v) is 14.0. The third-order valence-corrected chi connectivity index (χ3v) is 8.09. The number of benzene rings is 3. The van der Waals surface area contributed by atoms with Gasteiger partial charge in [-0.1, -0.05) is 42.5 Å². The van der Waals surface area contributed by atoms with Gasteiger partial charge in [-0.3, -0.25) is 14.6 Å². The number of methoxy groups -OCH3 is 1. The molecule has 0 saturated heterocycles. The molecule has 0 saturated carbocycles. The van der Waals surface area contributed by atoms with Crippen molar-refractivity contribution in [3.8, 4) is 11.5 Å². The van der Waals surface area contributed by atoms with Crippen molar-refractivity contribution in [3.05, 3.63) is 119 Å². The molecule has 2 unspecified atom stereocenters. The minimum atomic E-state index is -0.180. The molecule has 0 N–H and O–H groups in total. The topological polar surface area (TPSA) is 72.0 Å². The average molecular weight is 548 g/mol. The molecule has 208 valence electrons. The molecule has 7 nitrogen and oxygen atoms in total. The fourth-order valence-electron chi connectivity index (χ4n) is 5.67. The molecule has 4 aromatic rings. The molecule has 0 spiro atoms. The van der Waals surface area contributed by atoms with Gasteiger partial charge in [0.05, 0.1) is 25.8 Å². The average Bonchev–Trinajstić information content (AvgIpc) is 3.52. The Labute approximate surface area is 240 Å². The van der Waals surface area contributed by atoms with Crippen molar-refractivity contribution in [1.82, 2.24) is 9.88 Å². The minimum absolute atomic E-state index is 0.00731. The van der Waals surface area contributed by atoms with Crippen LogP contribution >= 0.6 is 0 Å². The van der Waals surface area contributed by atoms with Crippen molar-refractivity contribution in [2.24, 2.45) is 0 Å². The minimum Gasteiger partial charge on any atom is -0.493 e. The maximum absolute atomic E-state index is 13.6. The lowest BCUT2D eigenvalue weighted by atomic mass is 10.0. The van der Waals surface area contributed by atoms with Gasteiger partial charge in [0, 0.05) is 47.4 Å². The largest absolute Gasteiger partial charge is 0.493 e. The summed E-state index contributed by atoms with van der Waals surface area (Å²) in [5.41, 5.74) is 6.20. The first-order chi connectivity index (χ1) is 19.9. The van der Waals surface area contributed by atoms with Gasteiger partial charge in [-0.15, -0.1) is 0 Å². The fraction of sp³-hybridized carbons (Fsp3) is 0.265. The second-order valence-corrected chi connectivity index (χ2v) is 10.7. The number of ether oxygens (including phenoxy) is 2. The lowest BCUT2D eigenvalue weighted by molar-refractivity contribution is 0.0716. The molecule has 3 aromatic carbocycles. The summed E-state index contributed by atoms with van der Waals surface area (Å²) in [5, 5.41) is 0. The van der Waals surface area contributed by atoms with Gasteiger partial charge < -0.3 is 19.3 Å². The summed E-state index contributed by atoms with van der Waals surface area (Å²) in [6.07, 6.45) is 5.13. The van der Waals surface area contributed by atoms with Gasteiger partial charge in [0.25, 0.3) is 11.8 Å². The quantitative estimate of drug-likeness (QED) is 0.244. The van der Waals surface area contributed by atoms with Crippen molar-refractivity contribution in [2.75, 3.05) is 12.0 Å². The van der Waals surface area contributed by atoms with Crippen LogP contribution in [0.4, 0.5) is 5.69 Å². The highest BCUT2D eigenvalue weighted by atomic mass is 16.5. The smallest absolute Gasteiger partial charge is 0.258 e. The van der Waals surface area contributed by atoms with E-state index in [1.165, 1.54) is 5.56 Å². The van der Waals surface area contributed by atoms with E-state index in [-0.39, 0.29) is 24.0 Å². The van der Waals surface area contributed by atoms with Crippen LogP contribution in [0.15, 0.2) is 85.2 Å². The van der Waals surface area contributed by atoms with Crippen LogP contribution in [0.25, 0.3) is 0 Å². The standard InChI is InChI=1S/C34H33N3O4/c1-22(9-10-24-7-5-4-6-8-24)41-32-18-28(13-14-31(32)40-3)37-20-26-12-11-25(17-30(26)34(37)39)23(2)36-21-27-19-35-16-15-29(27)33(36)38/h4-8,11-19,22-23H,9-10,20-21H2,1-3H3. The third-order valence-electron chi connectivity index (χ3n) is 8.09. The number of amides is 2. The van der Waals surface area contributed by atoms with Crippen LogP contribution < -0.4 is 14.4 Å². The summed E-state index contributed by atoms with van der Waals surface area (Å²) in [6, 6.07) is 23.5. The van der Waals surface area contributed by atoms with Crippen molar-refractivity contribution < 1.29 is 19.1 Å². The maximum atomic E-state index is 13.6. The molecule has 2 atom stereocenters. The molecular weight excluding hydrogens is 514 g/mol. The summed E-state index contributed by atoms with van der Waals surface area (Å²) < 4.78 is 11.9. The Morgan fingerprint density at radius 3 is 2.46 bits per heavy atom. The van der Waals surface area contributed by atoms with E-state index >= 15 is 0 Å². The summed E-state index contributed by atoms with van der Waals surface area (Å²) in [6.45, 7) is 5.04. The van der Waals surface area contributed by atoms with Crippen molar-refractivity contribution >= 4 is 17.5 Å². The van der Waals surface area contributed by atoms with Gasteiger partial charge in [0.1, 0.15) is 0 Å². The van der Waals surface area contributed by atoms with Crippen LogP contribution in [0.3, 0.4) is 0 Å². The van der Waals surface area contributed by atoms with E-state index in [4.69, 9.17) is 9.47 Å². The SMILES string of the molecule is COc1ccc(N2Cc3ccc(C(C)N4Cc5cnccc5C4=O)cc3C2=O)cc1OC(C)CCc1ccccc1. The summed E-state index contributed by atoms with van der Waals surface area (Å²) in [7, 11) is 1.62. The van der Waals surface area contributed by atoms with Crippen LogP contribution in [-0.4, -0.2) is 34.9 Å². The Balaban J connectivity index is 1.18. The first kappa shape index (κ1) is 26.6. The molecule has 41 heavy (non-hydrogen) atoms. The molecule has 6 rings (SSSR count). The molecule has 1 aromatic heterocycles. The van der Waals surface area contributed by atoms with Crippen LogP contribution in [-0.2, 0) is 19.5 Å². The lowest BCUT2D eigenvalue weighted by Gasteiger charge is -2.25. The van der Waals surface area contributed by atoms with Gasteiger partial charge in [0.15, 0.2) is 11.5 Å². The second kappa shape index (κ2) is 11.1. The highest BCUT2D eigenvalue weighted by Gasteiger charge is 2.34. The van der Waals surface area contributed by atoms with E-state index in [2.05, 4.69) is 24.0 Å². The molecule has 7 heteroatoms. The number of pyridine rings is 1. The molecule has 0 aliphatic carbocycles. The first-order valence-electron chi connectivity index (χ1n) is 14.0. The Kier molecular flexibility index (Phi) is 7.18.